The summed E-state index contributed by atoms with van der Waals surface area (Å²) in [5.41, 5.74) is 3.38. The van der Waals surface area contributed by atoms with Crippen LogP contribution in [0.4, 0.5) is 0 Å². The van der Waals surface area contributed by atoms with E-state index in [-0.39, 0.29) is 5.91 Å². The predicted octanol–water partition coefficient (Wildman–Crippen LogP) is 4.52. The molecular weight excluding hydrogens is 435 g/mol. The molecule has 0 unspecified atom stereocenters. The number of nitrogens with one attached hydrogen (secondary N) is 1. The first-order valence-electron chi connectivity index (χ1n) is 10.1. The van der Waals surface area contributed by atoms with Crippen molar-refractivity contribution >= 4 is 40.1 Å². The standard InChI is InChI=1S/C22H18Cl2N6O/c1-12-16(24)3-4-17-19(12)28-21(27-17)22-11-13(22)6-9-29(22)20(31)15-10-14(23)2-5-18(15)30-25-7-8-26-30/h2-5,7-8,10,13H,6,9,11H2,1H3,(H,27,28)/t13-,22+/m1/s1. The minimum Gasteiger partial charge on any atom is -0.340 e. The Morgan fingerprint density at radius 3 is 2.77 bits per heavy atom. The Morgan fingerprint density at radius 1 is 1.19 bits per heavy atom. The summed E-state index contributed by atoms with van der Waals surface area (Å²) in [6.45, 7) is 2.63. The lowest BCUT2D eigenvalue weighted by Gasteiger charge is -2.28. The van der Waals surface area contributed by atoms with Crippen LogP contribution in [0.3, 0.4) is 0 Å². The van der Waals surface area contributed by atoms with Crippen LogP contribution in [0.5, 0.6) is 0 Å². The fourth-order valence-corrected chi connectivity index (χ4v) is 5.23. The smallest absolute Gasteiger partial charge is 0.257 e. The second kappa shape index (κ2) is 6.55. The van der Waals surface area contributed by atoms with Gasteiger partial charge in [-0.15, -0.1) is 0 Å². The lowest BCUT2D eigenvalue weighted by Crippen LogP contribution is -2.39. The van der Waals surface area contributed by atoms with Gasteiger partial charge in [0.25, 0.3) is 5.91 Å². The molecule has 9 heteroatoms. The lowest BCUT2D eigenvalue weighted by atomic mass is 10.1. The highest BCUT2D eigenvalue weighted by Crippen LogP contribution is 2.62. The number of carbonyl (C=O) groups is 1. The van der Waals surface area contributed by atoms with E-state index in [1.54, 1.807) is 30.6 Å². The van der Waals surface area contributed by atoms with Gasteiger partial charge in [-0.3, -0.25) is 4.79 Å². The summed E-state index contributed by atoms with van der Waals surface area (Å²) in [5, 5.41) is 9.58. The second-order valence-electron chi connectivity index (χ2n) is 8.20. The number of imidazole rings is 1. The maximum atomic E-state index is 13.8. The van der Waals surface area contributed by atoms with Crippen LogP contribution in [0.25, 0.3) is 16.7 Å². The number of likely N-dealkylation sites (tertiary alicyclic amines) is 1. The van der Waals surface area contributed by atoms with Gasteiger partial charge in [0, 0.05) is 16.6 Å². The minimum absolute atomic E-state index is 0.0926. The van der Waals surface area contributed by atoms with E-state index < -0.39 is 5.54 Å². The quantitative estimate of drug-likeness (QED) is 0.495. The normalized spacial score (nSPS) is 22.2. The molecule has 2 aromatic carbocycles. The topological polar surface area (TPSA) is 79.7 Å². The molecule has 3 heterocycles. The third-order valence-electron chi connectivity index (χ3n) is 6.58. The van der Waals surface area contributed by atoms with Crippen LogP contribution in [0.1, 0.15) is 34.6 Å². The number of hydrogen-bond acceptors (Lipinski definition) is 4. The van der Waals surface area contributed by atoms with Gasteiger partial charge in [-0.2, -0.15) is 15.0 Å². The molecule has 0 spiro atoms. The van der Waals surface area contributed by atoms with Gasteiger partial charge in [-0.05, 0) is 61.6 Å². The van der Waals surface area contributed by atoms with Crippen molar-refractivity contribution in [2.75, 3.05) is 6.54 Å². The highest BCUT2D eigenvalue weighted by Gasteiger charge is 2.66. The van der Waals surface area contributed by atoms with Crippen LogP contribution in [-0.4, -0.2) is 42.3 Å². The summed E-state index contributed by atoms with van der Waals surface area (Å²) in [6, 6.07) is 9.01. The first kappa shape index (κ1) is 18.8. The van der Waals surface area contributed by atoms with E-state index in [1.807, 2.05) is 24.0 Å². The zero-order valence-electron chi connectivity index (χ0n) is 16.6. The fraction of sp³-hybridized carbons (Fsp3) is 0.273. The highest BCUT2D eigenvalue weighted by atomic mass is 35.5. The summed E-state index contributed by atoms with van der Waals surface area (Å²) >= 11 is 12.6. The van der Waals surface area contributed by atoms with Crippen LogP contribution in [0, 0.1) is 12.8 Å². The summed E-state index contributed by atoms with van der Waals surface area (Å²) in [5.74, 6) is 1.12. The number of carbonyl (C=O) groups excluding carboxylic acids is 1. The molecule has 7 nitrogen and oxygen atoms in total. The van der Waals surface area contributed by atoms with Crippen LogP contribution in [0.15, 0.2) is 42.7 Å². The zero-order valence-corrected chi connectivity index (χ0v) is 18.2. The van der Waals surface area contributed by atoms with Crippen molar-refractivity contribution in [3.63, 3.8) is 0 Å². The van der Waals surface area contributed by atoms with Crippen molar-refractivity contribution in [3.8, 4) is 5.69 Å². The number of halogens is 2. The number of amides is 1. The molecule has 31 heavy (non-hydrogen) atoms. The van der Waals surface area contributed by atoms with Crippen molar-refractivity contribution in [3.05, 3.63) is 69.7 Å². The maximum Gasteiger partial charge on any atom is 0.257 e. The summed E-state index contributed by atoms with van der Waals surface area (Å²) in [4.78, 5) is 25.5. The van der Waals surface area contributed by atoms with Crippen LogP contribution < -0.4 is 0 Å². The molecule has 1 saturated heterocycles. The third kappa shape index (κ3) is 2.66. The second-order valence-corrected chi connectivity index (χ2v) is 9.05. The number of aromatic nitrogens is 5. The van der Waals surface area contributed by atoms with Crippen LogP contribution >= 0.6 is 23.2 Å². The molecule has 0 radical (unpaired) electrons. The first-order chi connectivity index (χ1) is 15.0. The van der Waals surface area contributed by atoms with Gasteiger partial charge in [-0.1, -0.05) is 23.2 Å². The van der Waals surface area contributed by atoms with Crippen molar-refractivity contribution < 1.29 is 4.79 Å². The van der Waals surface area contributed by atoms with E-state index in [0.29, 0.717) is 33.8 Å². The summed E-state index contributed by atoms with van der Waals surface area (Å²) in [7, 11) is 0. The third-order valence-corrected chi connectivity index (χ3v) is 7.22. The Morgan fingerprint density at radius 2 is 2.00 bits per heavy atom. The number of nitrogens with zero attached hydrogens (tertiary/aromatic N) is 5. The molecule has 1 aliphatic heterocycles. The highest BCUT2D eigenvalue weighted by molar-refractivity contribution is 6.32. The van der Waals surface area contributed by atoms with Crippen molar-refractivity contribution in [2.24, 2.45) is 5.92 Å². The average molecular weight is 453 g/mol. The number of piperidine rings is 1. The molecule has 1 amide bonds. The first-order valence-corrected chi connectivity index (χ1v) is 10.9. The van der Waals surface area contributed by atoms with Crippen molar-refractivity contribution in [1.29, 1.82) is 0 Å². The molecule has 2 aliphatic rings. The van der Waals surface area contributed by atoms with Crippen molar-refractivity contribution in [2.45, 2.75) is 25.3 Å². The monoisotopic (exact) mass is 452 g/mol. The van der Waals surface area contributed by atoms with E-state index in [1.165, 1.54) is 4.80 Å². The molecule has 6 rings (SSSR count). The summed E-state index contributed by atoms with van der Waals surface area (Å²) in [6.07, 6.45) is 5.00. The molecular formula is C22H18Cl2N6O. The number of benzene rings is 2. The molecule has 1 aliphatic carbocycles. The molecule has 1 N–H and O–H groups in total. The van der Waals surface area contributed by atoms with Crippen LogP contribution in [0.2, 0.25) is 10.0 Å². The van der Waals surface area contributed by atoms with E-state index in [4.69, 9.17) is 28.2 Å². The van der Waals surface area contributed by atoms with Gasteiger partial charge in [0.1, 0.15) is 11.4 Å². The summed E-state index contributed by atoms with van der Waals surface area (Å²) < 4.78 is 0. The lowest BCUT2D eigenvalue weighted by molar-refractivity contribution is 0.0680. The number of rotatable bonds is 3. The number of fused-ring (bicyclic) bond motifs is 2. The number of H-pyrrole nitrogens is 1. The maximum absolute atomic E-state index is 13.8. The van der Waals surface area contributed by atoms with Gasteiger partial charge >= 0.3 is 0 Å². The molecule has 156 valence electrons. The Balaban J connectivity index is 1.45. The SMILES string of the molecule is Cc1c(Cl)ccc2[nH]c([C@]34C[C@H]3CCN4C(=O)c3cc(Cl)ccc3-n3nccn3)nc12. The molecule has 2 atom stereocenters. The van der Waals surface area contributed by atoms with Crippen LogP contribution in [-0.2, 0) is 5.54 Å². The number of aromatic amines is 1. The van der Waals surface area contributed by atoms with E-state index in [0.717, 1.165) is 35.3 Å². The van der Waals surface area contributed by atoms with Gasteiger partial charge in [-0.25, -0.2) is 4.98 Å². The number of hydrogen-bond donors (Lipinski definition) is 1. The molecule has 2 fully saturated rings. The molecule has 1 saturated carbocycles. The fourth-order valence-electron chi connectivity index (χ4n) is 4.91. The number of aryl methyl sites for hydroxylation is 1. The average Bonchev–Trinajstić information content (AvgIpc) is 3.20. The van der Waals surface area contributed by atoms with E-state index in [2.05, 4.69) is 15.2 Å². The Bertz CT molecular complexity index is 1350. The Kier molecular flexibility index (Phi) is 3.98. The van der Waals surface area contributed by atoms with Gasteiger partial charge < -0.3 is 9.88 Å². The largest absolute Gasteiger partial charge is 0.340 e. The molecule has 2 aromatic heterocycles. The van der Waals surface area contributed by atoms with E-state index >= 15 is 0 Å². The van der Waals surface area contributed by atoms with Crippen molar-refractivity contribution in [1.82, 2.24) is 29.9 Å². The Labute approximate surface area is 188 Å². The minimum atomic E-state index is -0.424. The van der Waals surface area contributed by atoms with Gasteiger partial charge in [0.2, 0.25) is 0 Å². The molecule has 0 bridgehead atoms. The van der Waals surface area contributed by atoms with Gasteiger partial charge in [0.05, 0.1) is 34.7 Å². The van der Waals surface area contributed by atoms with E-state index in [9.17, 15) is 4.79 Å². The van der Waals surface area contributed by atoms with Gasteiger partial charge in [0.15, 0.2) is 0 Å². The Hall–Kier alpha value is -2.90. The molecule has 4 aromatic rings. The zero-order chi connectivity index (χ0) is 21.3. The predicted molar refractivity (Wildman–Crippen MR) is 118 cm³/mol.